The minimum Gasteiger partial charge on any atom is -0.384 e. The molecule has 1 heterocycles. The van der Waals surface area contributed by atoms with Crippen molar-refractivity contribution in [3.63, 3.8) is 0 Å². The highest BCUT2D eigenvalue weighted by atomic mass is 15.1. The van der Waals surface area contributed by atoms with E-state index in [0.717, 1.165) is 11.5 Å². The van der Waals surface area contributed by atoms with E-state index in [2.05, 4.69) is 46.1 Å². The fourth-order valence-electron chi connectivity index (χ4n) is 1.59. The zero-order valence-corrected chi connectivity index (χ0v) is 10.1. The number of nitrogens with two attached hydrogens (primary N) is 1. The summed E-state index contributed by atoms with van der Waals surface area (Å²) in [5.74, 6) is 1.24. The van der Waals surface area contributed by atoms with Crippen LogP contribution < -0.4 is 10.6 Å². The van der Waals surface area contributed by atoms with Crippen molar-refractivity contribution in [3.8, 4) is 0 Å². The van der Waals surface area contributed by atoms with Gasteiger partial charge in [0.1, 0.15) is 11.6 Å². The molecule has 2 aromatic rings. The van der Waals surface area contributed by atoms with Crippen molar-refractivity contribution in [2.75, 3.05) is 17.7 Å². The van der Waals surface area contributed by atoms with Crippen molar-refractivity contribution in [2.45, 2.75) is 13.5 Å². The van der Waals surface area contributed by atoms with Gasteiger partial charge >= 0.3 is 0 Å². The first-order chi connectivity index (χ1) is 8.15. The first kappa shape index (κ1) is 11.4. The predicted octanol–water partition coefficient (Wildman–Crippen LogP) is 2.00. The van der Waals surface area contributed by atoms with E-state index in [1.54, 1.807) is 12.3 Å². The van der Waals surface area contributed by atoms with E-state index < -0.39 is 0 Å². The Kier molecular flexibility index (Phi) is 3.23. The number of rotatable bonds is 3. The van der Waals surface area contributed by atoms with Crippen LogP contribution in [0.1, 0.15) is 11.4 Å². The van der Waals surface area contributed by atoms with Gasteiger partial charge in [0, 0.05) is 18.9 Å². The van der Waals surface area contributed by atoms with Gasteiger partial charge in [0.05, 0.1) is 6.54 Å². The molecular formula is C13H16N4. The first-order valence-corrected chi connectivity index (χ1v) is 5.50. The summed E-state index contributed by atoms with van der Waals surface area (Å²) in [6.07, 6.45) is 1.68. The molecule has 0 atom stereocenters. The summed E-state index contributed by atoms with van der Waals surface area (Å²) in [7, 11) is 2.01. The Bertz CT molecular complexity index is 493. The molecule has 0 fully saturated rings. The largest absolute Gasteiger partial charge is 0.384 e. The third-order valence-electron chi connectivity index (χ3n) is 2.58. The van der Waals surface area contributed by atoms with Crippen molar-refractivity contribution in [2.24, 2.45) is 0 Å². The molecule has 88 valence electrons. The van der Waals surface area contributed by atoms with E-state index in [1.807, 2.05) is 7.05 Å². The fourth-order valence-corrected chi connectivity index (χ4v) is 1.59. The summed E-state index contributed by atoms with van der Waals surface area (Å²) in [6, 6.07) is 10.0. The number of aryl methyl sites for hydroxylation is 1. The second kappa shape index (κ2) is 4.82. The van der Waals surface area contributed by atoms with Crippen molar-refractivity contribution in [1.29, 1.82) is 0 Å². The minimum absolute atomic E-state index is 0.507. The maximum Gasteiger partial charge on any atom is 0.149 e. The van der Waals surface area contributed by atoms with Gasteiger partial charge in [-0.25, -0.2) is 9.97 Å². The Hall–Kier alpha value is -2.10. The SMILES string of the molecule is Cc1ccc(N(C)Cc2nccc(N)n2)cc1. The van der Waals surface area contributed by atoms with E-state index in [-0.39, 0.29) is 0 Å². The third kappa shape index (κ3) is 2.93. The van der Waals surface area contributed by atoms with Crippen LogP contribution in [0.4, 0.5) is 11.5 Å². The molecule has 0 radical (unpaired) electrons. The normalized spacial score (nSPS) is 10.2. The molecule has 0 bridgehead atoms. The molecule has 0 aliphatic heterocycles. The number of anilines is 2. The molecule has 4 nitrogen and oxygen atoms in total. The molecule has 0 unspecified atom stereocenters. The minimum atomic E-state index is 0.507. The zero-order chi connectivity index (χ0) is 12.3. The summed E-state index contributed by atoms with van der Waals surface area (Å²) in [5.41, 5.74) is 8.02. The average Bonchev–Trinajstić information content (AvgIpc) is 2.29. The standard InChI is InChI=1S/C13H16N4/c1-10-3-5-11(6-4-10)17(2)9-13-15-8-7-12(14)16-13/h3-8H,9H2,1-2H3,(H2,14,15,16). The van der Waals surface area contributed by atoms with Gasteiger partial charge in [-0.2, -0.15) is 0 Å². The van der Waals surface area contributed by atoms with E-state index in [4.69, 9.17) is 5.73 Å². The Morgan fingerprint density at radius 3 is 2.53 bits per heavy atom. The maximum absolute atomic E-state index is 5.62. The fraction of sp³-hybridized carbons (Fsp3) is 0.231. The van der Waals surface area contributed by atoms with Gasteiger partial charge in [0.2, 0.25) is 0 Å². The Labute approximate surface area is 101 Å². The lowest BCUT2D eigenvalue weighted by Crippen LogP contribution is -2.18. The molecule has 1 aromatic heterocycles. The zero-order valence-electron chi connectivity index (χ0n) is 10.1. The van der Waals surface area contributed by atoms with Gasteiger partial charge in [-0.3, -0.25) is 0 Å². The summed E-state index contributed by atoms with van der Waals surface area (Å²) < 4.78 is 0. The molecule has 0 saturated carbocycles. The molecule has 1 aromatic carbocycles. The molecule has 4 heteroatoms. The average molecular weight is 228 g/mol. The second-order valence-corrected chi connectivity index (χ2v) is 4.09. The molecule has 0 amide bonds. The number of benzene rings is 1. The highest BCUT2D eigenvalue weighted by Gasteiger charge is 2.04. The van der Waals surface area contributed by atoms with Crippen molar-refractivity contribution >= 4 is 11.5 Å². The maximum atomic E-state index is 5.62. The number of nitrogens with zero attached hydrogens (tertiary/aromatic N) is 3. The van der Waals surface area contributed by atoms with Gasteiger partial charge in [0.15, 0.2) is 0 Å². The van der Waals surface area contributed by atoms with Gasteiger partial charge in [-0.05, 0) is 25.1 Å². The highest BCUT2D eigenvalue weighted by molar-refractivity contribution is 5.46. The topological polar surface area (TPSA) is 55.0 Å². The monoisotopic (exact) mass is 228 g/mol. The predicted molar refractivity (Wildman–Crippen MR) is 69.7 cm³/mol. The van der Waals surface area contributed by atoms with Gasteiger partial charge in [-0.15, -0.1) is 0 Å². The van der Waals surface area contributed by atoms with Crippen LogP contribution in [0.5, 0.6) is 0 Å². The molecule has 0 aliphatic rings. The van der Waals surface area contributed by atoms with Gasteiger partial charge < -0.3 is 10.6 Å². The van der Waals surface area contributed by atoms with Crippen molar-refractivity contribution in [3.05, 3.63) is 47.9 Å². The number of hydrogen-bond donors (Lipinski definition) is 1. The van der Waals surface area contributed by atoms with Crippen LogP contribution >= 0.6 is 0 Å². The smallest absolute Gasteiger partial charge is 0.149 e. The van der Waals surface area contributed by atoms with E-state index in [9.17, 15) is 0 Å². The van der Waals surface area contributed by atoms with Crippen LogP contribution in [0.15, 0.2) is 36.5 Å². The third-order valence-corrected chi connectivity index (χ3v) is 2.58. The first-order valence-electron chi connectivity index (χ1n) is 5.50. The summed E-state index contributed by atoms with van der Waals surface area (Å²) in [4.78, 5) is 10.5. The van der Waals surface area contributed by atoms with Crippen LogP contribution in [-0.2, 0) is 6.54 Å². The van der Waals surface area contributed by atoms with Gasteiger partial charge in [-0.1, -0.05) is 17.7 Å². The summed E-state index contributed by atoms with van der Waals surface area (Å²) in [5, 5.41) is 0. The highest BCUT2D eigenvalue weighted by Crippen LogP contribution is 2.15. The molecule has 2 rings (SSSR count). The van der Waals surface area contributed by atoms with Crippen LogP contribution in [0.2, 0.25) is 0 Å². The Morgan fingerprint density at radius 2 is 1.88 bits per heavy atom. The van der Waals surface area contributed by atoms with E-state index in [1.165, 1.54) is 5.56 Å². The molecule has 17 heavy (non-hydrogen) atoms. The quantitative estimate of drug-likeness (QED) is 0.873. The van der Waals surface area contributed by atoms with Crippen LogP contribution in [-0.4, -0.2) is 17.0 Å². The van der Waals surface area contributed by atoms with E-state index >= 15 is 0 Å². The molecule has 0 aliphatic carbocycles. The summed E-state index contributed by atoms with van der Waals surface area (Å²) >= 11 is 0. The molecule has 2 N–H and O–H groups in total. The molecule has 0 spiro atoms. The van der Waals surface area contributed by atoms with Crippen molar-refractivity contribution in [1.82, 2.24) is 9.97 Å². The van der Waals surface area contributed by atoms with Crippen LogP contribution in [0.25, 0.3) is 0 Å². The Balaban J connectivity index is 2.11. The number of nitrogen functional groups attached to an aromatic ring is 1. The molecule has 0 saturated heterocycles. The number of hydrogen-bond acceptors (Lipinski definition) is 4. The van der Waals surface area contributed by atoms with Crippen molar-refractivity contribution < 1.29 is 0 Å². The van der Waals surface area contributed by atoms with Crippen LogP contribution in [0.3, 0.4) is 0 Å². The lowest BCUT2D eigenvalue weighted by molar-refractivity contribution is 0.840. The van der Waals surface area contributed by atoms with E-state index in [0.29, 0.717) is 12.4 Å². The summed E-state index contributed by atoms with van der Waals surface area (Å²) in [6.45, 7) is 2.72. The van der Waals surface area contributed by atoms with Crippen LogP contribution in [0, 0.1) is 6.92 Å². The lowest BCUT2D eigenvalue weighted by Gasteiger charge is -2.18. The lowest BCUT2D eigenvalue weighted by atomic mass is 10.2. The van der Waals surface area contributed by atoms with Gasteiger partial charge in [0.25, 0.3) is 0 Å². The Morgan fingerprint density at radius 1 is 1.18 bits per heavy atom. The second-order valence-electron chi connectivity index (χ2n) is 4.09. The number of aromatic nitrogens is 2. The molecular weight excluding hydrogens is 212 g/mol.